The summed E-state index contributed by atoms with van der Waals surface area (Å²) in [5.41, 5.74) is -2.32. The zero-order valence-electron chi connectivity index (χ0n) is 9.15. The van der Waals surface area contributed by atoms with Crippen molar-refractivity contribution in [3.8, 4) is 5.82 Å². The van der Waals surface area contributed by atoms with E-state index in [2.05, 4.69) is 4.98 Å². The lowest BCUT2D eigenvalue weighted by molar-refractivity contribution is -0.138. The molecule has 0 amide bonds. The van der Waals surface area contributed by atoms with E-state index in [0.717, 1.165) is 6.07 Å². The minimum absolute atomic E-state index is 0.402. The SMILES string of the molecule is O=C(O)c1cn(-c2ncccc2F)cc1C(F)(F)F. The van der Waals surface area contributed by atoms with Gasteiger partial charge in [-0.3, -0.25) is 0 Å². The number of alkyl halides is 3. The number of aromatic nitrogens is 2. The van der Waals surface area contributed by atoms with Crippen molar-refractivity contribution in [2.24, 2.45) is 0 Å². The summed E-state index contributed by atoms with van der Waals surface area (Å²) in [7, 11) is 0. The van der Waals surface area contributed by atoms with Crippen molar-refractivity contribution >= 4 is 5.97 Å². The minimum Gasteiger partial charge on any atom is -0.478 e. The highest BCUT2D eigenvalue weighted by atomic mass is 19.4. The van der Waals surface area contributed by atoms with Crippen molar-refractivity contribution < 1.29 is 27.5 Å². The quantitative estimate of drug-likeness (QED) is 0.857. The second kappa shape index (κ2) is 4.38. The topological polar surface area (TPSA) is 55.1 Å². The summed E-state index contributed by atoms with van der Waals surface area (Å²) in [5, 5.41) is 8.73. The predicted molar refractivity (Wildman–Crippen MR) is 55.5 cm³/mol. The van der Waals surface area contributed by atoms with Crippen LogP contribution in [0.25, 0.3) is 5.82 Å². The van der Waals surface area contributed by atoms with E-state index in [-0.39, 0.29) is 0 Å². The maximum atomic E-state index is 13.4. The molecular weight excluding hydrogens is 268 g/mol. The van der Waals surface area contributed by atoms with E-state index in [9.17, 15) is 22.4 Å². The largest absolute Gasteiger partial charge is 0.478 e. The van der Waals surface area contributed by atoms with Gasteiger partial charge in [-0.1, -0.05) is 0 Å². The van der Waals surface area contributed by atoms with E-state index < -0.39 is 34.9 Å². The van der Waals surface area contributed by atoms with Gasteiger partial charge < -0.3 is 9.67 Å². The van der Waals surface area contributed by atoms with Crippen LogP contribution in [-0.2, 0) is 6.18 Å². The van der Waals surface area contributed by atoms with Crippen LogP contribution in [0, 0.1) is 5.82 Å². The number of carboxylic acid groups (broad SMARTS) is 1. The van der Waals surface area contributed by atoms with E-state index >= 15 is 0 Å². The van der Waals surface area contributed by atoms with Gasteiger partial charge in [0, 0.05) is 18.6 Å². The highest BCUT2D eigenvalue weighted by Crippen LogP contribution is 2.33. The molecule has 4 nitrogen and oxygen atoms in total. The number of hydrogen-bond acceptors (Lipinski definition) is 2. The molecule has 0 fully saturated rings. The Morgan fingerprint density at radius 2 is 2.00 bits per heavy atom. The first kappa shape index (κ1) is 13.1. The number of nitrogens with zero attached hydrogens (tertiary/aromatic N) is 2. The smallest absolute Gasteiger partial charge is 0.418 e. The maximum absolute atomic E-state index is 13.4. The molecule has 8 heteroatoms. The van der Waals surface area contributed by atoms with Gasteiger partial charge in [0.1, 0.15) is 0 Å². The third kappa shape index (κ3) is 2.42. The zero-order valence-corrected chi connectivity index (χ0v) is 9.15. The molecule has 0 radical (unpaired) electrons. The summed E-state index contributed by atoms with van der Waals surface area (Å²) in [6.45, 7) is 0. The molecule has 2 aromatic heterocycles. The van der Waals surface area contributed by atoms with Crippen LogP contribution in [0.5, 0.6) is 0 Å². The first-order chi connectivity index (χ1) is 8.80. The summed E-state index contributed by atoms with van der Waals surface area (Å²) in [6.07, 6.45) is -2.48. The molecule has 2 rings (SSSR count). The highest BCUT2D eigenvalue weighted by molar-refractivity contribution is 5.89. The molecule has 1 N–H and O–H groups in total. The Morgan fingerprint density at radius 1 is 1.32 bits per heavy atom. The first-order valence-electron chi connectivity index (χ1n) is 4.94. The monoisotopic (exact) mass is 274 g/mol. The van der Waals surface area contributed by atoms with Gasteiger partial charge in [0.15, 0.2) is 11.6 Å². The fraction of sp³-hybridized carbons (Fsp3) is 0.0909. The molecular formula is C11H6F4N2O2. The second-order valence-corrected chi connectivity index (χ2v) is 3.60. The van der Waals surface area contributed by atoms with Crippen LogP contribution in [-0.4, -0.2) is 20.6 Å². The van der Waals surface area contributed by atoms with Gasteiger partial charge in [0.2, 0.25) is 0 Å². The minimum atomic E-state index is -4.84. The zero-order chi connectivity index (χ0) is 14.2. The first-order valence-corrected chi connectivity index (χ1v) is 4.94. The number of carbonyl (C=O) groups is 1. The number of hydrogen-bond donors (Lipinski definition) is 1. The Balaban J connectivity index is 2.62. The average molecular weight is 274 g/mol. The highest BCUT2D eigenvalue weighted by Gasteiger charge is 2.37. The molecule has 0 spiro atoms. The molecule has 100 valence electrons. The van der Waals surface area contributed by atoms with Crippen molar-refractivity contribution in [3.63, 3.8) is 0 Å². The molecule has 0 atom stereocenters. The summed E-state index contributed by atoms with van der Waals surface area (Å²) < 4.78 is 52.0. The van der Waals surface area contributed by atoms with Crippen molar-refractivity contribution in [1.29, 1.82) is 0 Å². The van der Waals surface area contributed by atoms with Crippen LogP contribution in [0.1, 0.15) is 15.9 Å². The molecule has 0 unspecified atom stereocenters. The third-order valence-electron chi connectivity index (χ3n) is 2.35. The van der Waals surface area contributed by atoms with Gasteiger partial charge >= 0.3 is 12.1 Å². The number of halogens is 4. The molecule has 2 heterocycles. The summed E-state index contributed by atoms with van der Waals surface area (Å²) >= 11 is 0. The van der Waals surface area contributed by atoms with Gasteiger partial charge in [-0.25, -0.2) is 14.2 Å². The number of carboxylic acids is 1. The number of rotatable bonds is 2. The Hall–Kier alpha value is -2.38. The lowest BCUT2D eigenvalue weighted by atomic mass is 10.2. The Kier molecular flexibility index (Phi) is 3.01. The fourth-order valence-corrected chi connectivity index (χ4v) is 1.54. The van der Waals surface area contributed by atoms with E-state index in [4.69, 9.17) is 5.11 Å². The predicted octanol–water partition coefficient (Wildman–Crippen LogP) is 2.73. The molecule has 0 saturated heterocycles. The second-order valence-electron chi connectivity index (χ2n) is 3.60. The van der Waals surface area contributed by atoms with Crippen LogP contribution < -0.4 is 0 Å². The van der Waals surface area contributed by atoms with Gasteiger partial charge in [-0.05, 0) is 12.1 Å². The van der Waals surface area contributed by atoms with Crippen molar-refractivity contribution in [1.82, 2.24) is 9.55 Å². The summed E-state index contributed by atoms with van der Waals surface area (Å²) in [5.74, 6) is -3.01. The third-order valence-corrected chi connectivity index (χ3v) is 2.35. The van der Waals surface area contributed by atoms with Crippen LogP contribution in [0.3, 0.4) is 0 Å². The van der Waals surface area contributed by atoms with E-state index in [0.29, 0.717) is 17.0 Å². The van der Waals surface area contributed by atoms with Gasteiger partial charge in [-0.15, -0.1) is 0 Å². The Bertz CT molecular complexity index is 634. The van der Waals surface area contributed by atoms with Crippen LogP contribution >= 0.6 is 0 Å². The number of aromatic carboxylic acids is 1. The van der Waals surface area contributed by atoms with Crippen LogP contribution in [0.15, 0.2) is 30.7 Å². The Labute approximate surface area is 103 Å². The van der Waals surface area contributed by atoms with Gasteiger partial charge in [0.05, 0.1) is 11.1 Å². The average Bonchev–Trinajstić information content (AvgIpc) is 2.74. The number of pyridine rings is 1. The molecule has 19 heavy (non-hydrogen) atoms. The molecule has 0 aliphatic carbocycles. The summed E-state index contributed by atoms with van der Waals surface area (Å²) in [4.78, 5) is 14.3. The molecule has 0 saturated carbocycles. The summed E-state index contributed by atoms with van der Waals surface area (Å²) in [6, 6.07) is 2.28. The lowest BCUT2D eigenvalue weighted by Crippen LogP contribution is -2.09. The van der Waals surface area contributed by atoms with Crippen molar-refractivity contribution in [3.05, 3.63) is 47.7 Å². The van der Waals surface area contributed by atoms with Crippen LogP contribution in [0.4, 0.5) is 17.6 Å². The van der Waals surface area contributed by atoms with Crippen molar-refractivity contribution in [2.75, 3.05) is 0 Å². The lowest BCUT2D eigenvalue weighted by Gasteiger charge is -2.04. The van der Waals surface area contributed by atoms with E-state index in [1.165, 1.54) is 12.3 Å². The van der Waals surface area contributed by atoms with Crippen LogP contribution in [0.2, 0.25) is 0 Å². The standard InChI is InChI=1S/C11H6F4N2O2/c12-8-2-1-3-16-9(8)17-4-6(10(18)19)7(5-17)11(13,14)15/h1-5H,(H,18,19). The van der Waals surface area contributed by atoms with E-state index in [1.807, 2.05) is 0 Å². The molecule has 0 bridgehead atoms. The maximum Gasteiger partial charge on any atom is 0.418 e. The van der Waals surface area contributed by atoms with E-state index in [1.54, 1.807) is 0 Å². The molecule has 0 aliphatic rings. The van der Waals surface area contributed by atoms with Crippen molar-refractivity contribution in [2.45, 2.75) is 6.18 Å². The van der Waals surface area contributed by atoms with Gasteiger partial charge in [0.25, 0.3) is 0 Å². The fourth-order valence-electron chi connectivity index (χ4n) is 1.54. The molecule has 0 aliphatic heterocycles. The normalized spacial score (nSPS) is 11.6. The molecule has 2 aromatic rings. The van der Waals surface area contributed by atoms with Gasteiger partial charge in [-0.2, -0.15) is 13.2 Å². The Morgan fingerprint density at radius 3 is 2.47 bits per heavy atom. The molecule has 0 aromatic carbocycles.